The first-order valence-corrected chi connectivity index (χ1v) is 7.92. The molecule has 0 radical (unpaired) electrons. The van der Waals surface area contributed by atoms with Gasteiger partial charge in [-0.1, -0.05) is 41.1 Å². The molecule has 3 aromatic rings. The Hall–Kier alpha value is -2.54. The molecule has 0 saturated carbocycles. The SMILES string of the molecule is CCc1nnnn1-c1ccccc1NC(=O)c1cccc(Br)c1. The Morgan fingerprint density at radius 3 is 2.83 bits per heavy atom. The van der Waals surface area contributed by atoms with E-state index in [1.807, 2.05) is 43.3 Å². The van der Waals surface area contributed by atoms with Crippen LogP contribution in [0.2, 0.25) is 0 Å². The van der Waals surface area contributed by atoms with E-state index in [9.17, 15) is 4.79 Å². The molecule has 1 amide bonds. The van der Waals surface area contributed by atoms with Crippen molar-refractivity contribution in [2.24, 2.45) is 0 Å². The largest absolute Gasteiger partial charge is 0.320 e. The van der Waals surface area contributed by atoms with E-state index >= 15 is 0 Å². The molecular weight excluding hydrogens is 358 g/mol. The quantitative estimate of drug-likeness (QED) is 0.763. The molecule has 6 nitrogen and oxygen atoms in total. The molecule has 7 heteroatoms. The standard InChI is InChI=1S/C16H14BrN5O/c1-2-15-19-20-21-22(15)14-9-4-3-8-13(14)18-16(23)11-6-5-7-12(17)10-11/h3-10H,2H2,1H3,(H,18,23). The maximum atomic E-state index is 12.4. The smallest absolute Gasteiger partial charge is 0.255 e. The third kappa shape index (κ3) is 3.29. The van der Waals surface area contributed by atoms with Gasteiger partial charge in [-0.15, -0.1) is 5.10 Å². The Kier molecular flexibility index (Phi) is 4.47. The van der Waals surface area contributed by atoms with E-state index in [0.29, 0.717) is 17.7 Å². The van der Waals surface area contributed by atoms with Crippen LogP contribution in [0.15, 0.2) is 53.0 Å². The second kappa shape index (κ2) is 6.70. The number of amides is 1. The van der Waals surface area contributed by atoms with Crippen molar-refractivity contribution in [3.05, 3.63) is 64.4 Å². The minimum absolute atomic E-state index is 0.190. The number of halogens is 1. The van der Waals surface area contributed by atoms with Crippen molar-refractivity contribution in [2.75, 3.05) is 5.32 Å². The number of benzene rings is 2. The van der Waals surface area contributed by atoms with Crippen molar-refractivity contribution in [1.29, 1.82) is 0 Å². The minimum atomic E-state index is -0.190. The number of rotatable bonds is 4. The molecular formula is C16H14BrN5O. The molecule has 0 atom stereocenters. The molecule has 0 aliphatic carbocycles. The highest BCUT2D eigenvalue weighted by atomic mass is 79.9. The van der Waals surface area contributed by atoms with Crippen LogP contribution >= 0.6 is 15.9 Å². The van der Waals surface area contributed by atoms with E-state index in [1.165, 1.54) is 0 Å². The molecule has 1 heterocycles. The van der Waals surface area contributed by atoms with Crippen LogP contribution in [0.1, 0.15) is 23.1 Å². The molecule has 0 fully saturated rings. The number of carbonyl (C=O) groups is 1. The molecule has 0 saturated heterocycles. The summed E-state index contributed by atoms with van der Waals surface area (Å²) < 4.78 is 2.49. The molecule has 0 unspecified atom stereocenters. The fourth-order valence-electron chi connectivity index (χ4n) is 2.20. The molecule has 0 spiro atoms. The number of hydrogen-bond acceptors (Lipinski definition) is 4. The molecule has 0 bridgehead atoms. The van der Waals surface area contributed by atoms with Gasteiger partial charge in [-0.2, -0.15) is 4.68 Å². The molecule has 3 rings (SSSR count). The fraction of sp³-hybridized carbons (Fsp3) is 0.125. The molecule has 1 aromatic heterocycles. The summed E-state index contributed by atoms with van der Waals surface area (Å²) in [6.45, 7) is 1.98. The second-order valence-corrected chi connectivity index (χ2v) is 5.76. The first-order chi connectivity index (χ1) is 11.2. The summed E-state index contributed by atoms with van der Waals surface area (Å²) in [5.74, 6) is 0.541. The highest BCUT2D eigenvalue weighted by Crippen LogP contribution is 2.21. The van der Waals surface area contributed by atoms with Gasteiger partial charge in [0.1, 0.15) is 0 Å². The van der Waals surface area contributed by atoms with Gasteiger partial charge >= 0.3 is 0 Å². The van der Waals surface area contributed by atoms with Crippen molar-refractivity contribution in [1.82, 2.24) is 20.2 Å². The Labute approximate surface area is 141 Å². The minimum Gasteiger partial charge on any atom is -0.320 e. The lowest BCUT2D eigenvalue weighted by molar-refractivity contribution is 0.102. The average Bonchev–Trinajstić information content (AvgIpc) is 3.04. The predicted octanol–water partition coefficient (Wildman–Crippen LogP) is 3.24. The van der Waals surface area contributed by atoms with Gasteiger partial charge in [-0.25, -0.2) is 0 Å². The van der Waals surface area contributed by atoms with Crippen LogP contribution in [0.3, 0.4) is 0 Å². The van der Waals surface area contributed by atoms with Gasteiger partial charge in [0.15, 0.2) is 5.82 Å². The van der Waals surface area contributed by atoms with Gasteiger partial charge in [-0.3, -0.25) is 4.79 Å². The van der Waals surface area contributed by atoms with Crippen LogP contribution < -0.4 is 5.32 Å². The van der Waals surface area contributed by atoms with Gasteiger partial charge in [-0.05, 0) is 40.8 Å². The zero-order valence-electron chi connectivity index (χ0n) is 12.4. The Morgan fingerprint density at radius 1 is 1.22 bits per heavy atom. The fourth-order valence-corrected chi connectivity index (χ4v) is 2.60. The summed E-state index contributed by atoms with van der Waals surface area (Å²) in [6, 6.07) is 14.7. The summed E-state index contributed by atoms with van der Waals surface area (Å²) in [6.07, 6.45) is 0.695. The number of carbonyl (C=O) groups excluding carboxylic acids is 1. The van der Waals surface area contributed by atoms with E-state index in [1.54, 1.807) is 16.8 Å². The number of aromatic nitrogens is 4. The topological polar surface area (TPSA) is 72.7 Å². The van der Waals surface area contributed by atoms with Crippen LogP contribution in [0, 0.1) is 0 Å². The van der Waals surface area contributed by atoms with Gasteiger partial charge in [0, 0.05) is 16.5 Å². The lowest BCUT2D eigenvalue weighted by atomic mass is 10.2. The summed E-state index contributed by atoms with van der Waals surface area (Å²) in [7, 11) is 0. The number of hydrogen-bond donors (Lipinski definition) is 1. The molecule has 0 aliphatic heterocycles. The summed E-state index contributed by atoms with van der Waals surface area (Å²) >= 11 is 3.37. The zero-order chi connectivity index (χ0) is 16.2. The third-order valence-electron chi connectivity index (χ3n) is 3.32. The number of nitrogens with one attached hydrogen (secondary N) is 1. The van der Waals surface area contributed by atoms with Crippen molar-refractivity contribution in [3.8, 4) is 5.69 Å². The molecule has 1 N–H and O–H groups in total. The summed E-state index contributed by atoms with van der Waals surface area (Å²) in [4.78, 5) is 12.4. The van der Waals surface area contributed by atoms with Crippen LogP contribution in [0.4, 0.5) is 5.69 Å². The number of para-hydroxylation sites is 2. The highest BCUT2D eigenvalue weighted by molar-refractivity contribution is 9.10. The molecule has 116 valence electrons. The highest BCUT2D eigenvalue weighted by Gasteiger charge is 2.13. The molecule has 2 aromatic carbocycles. The Morgan fingerprint density at radius 2 is 2.04 bits per heavy atom. The van der Waals surface area contributed by atoms with Crippen LogP contribution in [-0.2, 0) is 6.42 Å². The Balaban J connectivity index is 1.94. The molecule has 23 heavy (non-hydrogen) atoms. The predicted molar refractivity (Wildman–Crippen MR) is 90.6 cm³/mol. The van der Waals surface area contributed by atoms with Crippen molar-refractivity contribution in [2.45, 2.75) is 13.3 Å². The summed E-state index contributed by atoms with van der Waals surface area (Å²) in [5.41, 5.74) is 1.96. The lowest BCUT2D eigenvalue weighted by Crippen LogP contribution is -2.14. The zero-order valence-corrected chi connectivity index (χ0v) is 14.0. The van der Waals surface area contributed by atoms with Gasteiger partial charge in [0.05, 0.1) is 11.4 Å². The maximum Gasteiger partial charge on any atom is 0.255 e. The number of tetrazole rings is 1. The second-order valence-electron chi connectivity index (χ2n) is 4.84. The number of anilines is 1. The first-order valence-electron chi connectivity index (χ1n) is 7.12. The van der Waals surface area contributed by atoms with E-state index in [2.05, 4.69) is 36.8 Å². The lowest BCUT2D eigenvalue weighted by Gasteiger charge is -2.11. The van der Waals surface area contributed by atoms with Crippen molar-refractivity contribution < 1.29 is 4.79 Å². The van der Waals surface area contributed by atoms with Crippen molar-refractivity contribution >= 4 is 27.5 Å². The van der Waals surface area contributed by atoms with E-state index in [-0.39, 0.29) is 5.91 Å². The number of nitrogens with zero attached hydrogens (tertiary/aromatic N) is 4. The van der Waals surface area contributed by atoms with Crippen molar-refractivity contribution in [3.63, 3.8) is 0 Å². The van der Waals surface area contributed by atoms with E-state index < -0.39 is 0 Å². The van der Waals surface area contributed by atoms with E-state index in [4.69, 9.17) is 0 Å². The van der Waals surface area contributed by atoms with Crippen LogP contribution in [0.5, 0.6) is 0 Å². The maximum absolute atomic E-state index is 12.4. The van der Waals surface area contributed by atoms with Crippen LogP contribution in [-0.4, -0.2) is 26.1 Å². The van der Waals surface area contributed by atoms with Gasteiger partial charge in [0.2, 0.25) is 0 Å². The molecule has 0 aliphatic rings. The normalized spacial score (nSPS) is 10.5. The first kappa shape index (κ1) is 15.4. The monoisotopic (exact) mass is 371 g/mol. The van der Waals surface area contributed by atoms with Crippen LogP contribution in [0.25, 0.3) is 5.69 Å². The Bertz CT molecular complexity index is 846. The third-order valence-corrected chi connectivity index (χ3v) is 3.81. The average molecular weight is 372 g/mol. The van der Waals surface area contributed by atoms with Gasteiger partial charge < -0.3 is 5.32 Å². The van der Waals surface area contributed by atoms with E-state index in [0.717, 1.165) is 16.0 Å². The number of aryl methyl sites for hydroxylation is 1. The summed E-state index contributed by atoms with van der Waals surface area (Å²) in [5, 5.41) is 14.6. The van der Waals surface area contributed by atoms with Gasteiger partial charge in [0.25, 0.3) is 5.91 Å².